The monoisotopic (exact) mass is 175 g/mol. The summed E-state index contributed by atoms with van der Waals surface area (Å²) in [6.45, 7) is 0. The van der Waals surface area contributed by atoms with E-state index in [1.165, 1.54) is 6.26 Å². The van der Waals surface area contributed by atoms with Crippen LogP contribution in [-0.4, -0.2) is 11.5 Å². The van der Waals surface area contributed by atoms with Crippen molar-refractivity contribution in [1.29, 1.82) is 0 Å². The Labute approximate surface area is 75.9 Å². The molecule has 0 aromatic heterocycles. The summed E-state index contributed by atoms with van der Waals surface area (Å²) in [7, 11) is 0. The molecule has 0 bridgehead atoms. The second-order valence-corrected chi connectivity index (χ2v) is 2.89. The number of primary amides is 1. The van der Waals surface area contributed by atoms with Crippen LogP contribution in [-0.2, 0) is 9.53 Å². The third-order valence-electron chi connectivity index (χ3n) is 2.12. The molecule has 1 amide bonds. The lowest BCUT2D eigenvalue weighted by atomic mass is 9.87. The van der Waals surface area contributed by atoms with Crippen LogP contribution >= 0.6 is 0 Å². The average Bonchev–Trinajstić information content (AvgIpc) is 2.17. The van der Waals surface area contributed by atoms with Crippen molar-refractivity contribution in [2.24, 2.45) is 5.73 Å². The highest BCUT2D eigenvalue weighted by Crippen LogP contribution is 2.30. The van der Waals surface area contributed by atoms with Gasteiger partial charge in [-0.25, -0.2) is 0 Å². The van der Waals surface area contributed by atoms with Gasteiger partial charge in [0.25, 0.3) is 5.91 Å². The van der Waals surface area contributed by atoms with Gasteiger partial charge >= 0.3 is 0 Å². The summed E-state index contributed by atoms with van der Waals surface area (Å²) in [5.74, 6) is -0.497. The van der Waals surface area contributed by atoms with Gasteiger partial charge in [0.15, 0.2) is 0 Å². The molecule has 0 radical (unpaired) electrons. The lowest BCUT2D eigenvalue weighted by Crippen LogP contribution is -2.46. The van der Waals surface area contributed by atoms with Gasteiger partial charge in [-0.05, 0) is 12.2 Å². The average molecular weight is 175 g/mol. The maximum atomic E-state index is 11.2. The normalized spacial score (nSPS) is 29.1. The van der Waals surface area contributed by atoms with Crippen LogP contribution in [0.1, 0.15) is 0 Å². The molecule has 0 saturated carbocycles. The van der Waals surface area contributed by atoms with Gasteiger partial charge in [-0.15, -0.1) is 0 Å². The molecule has 1 aliphatic carbocycles. The summed E-state index contributed by atoms with van der Waals surface area (Å²) in [4.78, 5) is 11.2. The number of fused-ring (bicyclic) bond motifs is 1. The fraction of sp³-hybridized carbons (Fsp3) is 0.100. The Balaban J connectivity index is 2.51. The van der Waals surface area contributed by atoms with Gasteiger partial charge in [0, 0.05) is 5.57 Å². The van der Waals surface area contributed by atoms with Crippen molar-refractivity contribution >= 4 is 5.91 Å². The summed E-state index contributed by atoms with van der Waals surface area (Å²) >= 11 is 0. The molecule has 3 heteroatoms. The van der Waals surface area contributed by atoms with E-state index in [0.717, 1.165) is 5.57 Å². The van der Waals surface area contributed by atoms with Crippen LogP contribution in [0, 0.1) is 0 Å². The van der Waals surface area contributed by atoms with Crippen LogP contribution in [0.5, 0.6) is 0 Å². The molecule has 0 spiro atoms. The highest BCUT2D eigenvalue weighted by atomic mass is 16.5. The standard InChI is InChI=1S/C10H9NO2/c11-9(12)10-6-2-1-4-8(10)5-3-7-13-10/h1-7H,(H2,11,12). The summed E-state index contributed by atoms with van der Waals surface area (Å²) in [5.41, 5.74) is 4.98. The number of ether oxygens (including phenoxy) is 1. The highest BCUT2D eigenvalue weighted by molar-refractivity contribution is 5.91. The number of carbonyl (C=O) groups excluding carboxylic acids is 1. The fourth-order valence-electron chi connectivity index (χ4n) is 1.43. The lowest BCUT2D eigenvalue weighted by molar-refractivity contribution is -0.129. The minimum atomic E-state index is -1.08. The number of nitrogens with two attached hydrogens (primary N) is 1. The molecular formula is C10H9NO2. The first-order valence-corrected chi connectivity index (χ1v) is 3.97. The molecule has 13 heavy (non-hydrogen) atoms. The number of hydrogen-bond donors (Lipinski definition) is 1. The number of hydrogen-bond acceptors (Lipinski definition) is 2. The first kappa shape index (κ1) is 7.86. The molecule has 0 aromatic rings. The Bertz CT molecular complexity index is 363. The Kier molecular flexibility index (Phi) is 1.59. The van der Waals surface area contributed by atoms with Gasteiger partial charge in [0.05, 0.1) is 6.26 Å². The van der Waals surface area contributed by atoms with E-state index in [0.29, 0.717) is 0 Å². The summed E-state index contributed by atoms with van der Waals surface area (Å²) < 4.78 is 5.27. The number of amides is 1. The van der Waals surface area contributed by atoms with Gasteiger partial charge in [0.1, 0.15) is 0 Å². The maximum absolute atomic E-state index is 11.2. The van der Waals surface area contributed by atoms with Crippen LogP contribution in [0.3, 0.4) is 0 Å². The molecule has 1 heterocycles. The van der Waals surface area contributed by atoms with Crippen LogP contribution < -0.4 is 5.73 Å². The predicted molar refractivity (Wildman–Crippen MR) is 48.5 cm³/mol. The molecule has 0 aromatic carbocycles. The minimum absolute atomic E-state index is 0.497. The Morgan fingerprint density at radius 3 is 2.92 bits per heavy atom. The molecule has 1 unspecified atom stereocenters. The molecule has 3 nitrogen and oxygen atoms in total. The predicted octanol–water partition coefficient (Wildman–Crippen LogP) is 0.807. The van der Waals surface area contributed by atoms with Gasteiger partial charge in [-0.3, -0.25) is 4.79 Å². The molecule has 1 atom stereocenters. The fourth-order valence-corrected chi connectivity index (χ4v) is 1.43. The van der Waals surface area contributed by atoms with Gasteiger partial charge in [-0.2, -0.15) is 0 Å². The Hall–Kier alpha value is -1.77. The third kappa shape index (κ3) is 1.01. The molecule has 0 saturated heterocycles. The first-order valence-electron chi connectivity index (χ1n) is 3.97. The molecule has 2 aliphatic rings. The van der Waals surface area contributed by atoms with Gasteiger partial charge in [0.2, 0.25) is 5.60 Å². The summed E-state index contributed by atoms with van der Waals surface area (Å²) in [6.07, 6.45) is 12.1. The van der Waals surface area contributed by atoms with E-state index < -0.39 is 11.5 Å². The first-order chi connectivity index (χ1) is 6.26. The van der Waals surface area contributed by atoms with E-state index in [9.17, 15) is 4.79 Å². The number of carbonyl (C=O) groups is 1. The van der Waals surface area contributed by atoms with Crippen molar-refractivity contribution in [3.05, 3.63) is 48.3 Å². The van der Waals surface area contributed by atoms with Crippen molar-refractivity contribution in [1.82, 2.24) is 0 Å². The van der Waals surface area contributed by atoms with Gasteiger partial charge in [-0.1, -0.05) is 24.3 Å². The van der Waals surface area contributed by atoms with Crippen molar-refractivity contribution in [3.8, 4) is 0 Å². The molecule has 66 valence electrons. The van der Waals surface area contributed by atoms with Crippen LogP contribution in [0.15, 0.2) is 48.3 Å². The van der Waals surface area contributed by atoms with Crippen LogP contribution in [0.25, 0.3) is 0 Å². The van der Waals surface area contributed by atoms with E-state index in [2.05, 4.69) is 0 Å². The zero-order chi connectivity index (χ0) is 9.31. The van der Waals surface area contributed by atoms with Crippen LogP contribution in [0.4, 0.5) is 0 Å². The van der Waals surface area contributed by atoms with Crippen molar-refractivity contribution in [3.63, 3.8) is 0 Å². The molecule has 1 aliphatic heterocycles. The highest BCUT2D eigenvalue weighted by Gasteiger charge is 2.40. The second-order valence-electron chi connectivity index (χ2n) is 2.89. The van der Waals surface area contributed by atoms with Gasteiger partial charge < -0.3 is 10.5 Å². The quantitative estimate of drug-likeness (QED) is 0.641. The number of allylic oxidation sites excluding steroid dienone is 4. The zero-order valence-corrected chi connectivity index (χ0v) is 6.94. The minimum Gasteiger partial charge on any atom is -0.476 e. The van der Waals surface area contributed by atoms with E-state index in [-0.39, 0.29) is 0 Å². The molecular weight excluding hydrogens is 166 g/mol. The number of rotatable bonds is 1. The lowest BCUT2D eigenvalue weighted by Gasteiger charge is -2.31. The zero-order valence-electron chi connectivity index (χ0n) is 6.94. The Morgan fingerprint density at radius 1 is 1.38 bits per heavy atom. The largest absolute Gasteiger partial charge is 0.476 e. The molecule has 2 rings (SSSR count). The van der Waals surface area contributed by atoms with E-state index >= 15 is 0 Å². The third-order valence-corrected chi connectivity index (χ3v) is 2.12. The van der Waals surface area contributed by atoms with Crippen molar-refractivity contribution < 1.29 is 9.53 Å². The van der Waals surface area contributed by atoms with E-state index in [4.69, 9.17) is 10.5 Å². The summed E-state index contributed by atoms with van der Waals surface area (Å²) in [5, 5.41) is 0. The topological polar surface area (TPSA) is 52.3 Å². The SMILES string of the molecule is NC(=O)C12C=CC=CC1=CC=CO2. The smallest absolute Gasteiger partial charge is 0.270 e. The molecule has 2 N–H and O–H groups in total. The van der Waals surface area contributed by atoms with E-state index in [1.807, 2.05) is 18.2 Å². The Morgan fingerprint density at radius 2 is 2.23 bits per heavy atom. The summed E-state index contributed by atoms with van der Waals surface area (Å²) in [6, 6.07) is 0. The second kappa shape index (κ2) is 2.62. The maximum Gasteiger partial charge on any atom is 0.270 e. The van der Waals surface area contributed by atoms with E-state index in [1.54, 1.807) is 18.2 Å². The molecule has 0 fully saturated rings. The van der Waals surface area contributed by atoms with Crippen molar-refractivity contribution in [2.75, 3.05) is 0 Å². The van der Waals surface area contributed by atoms with Crippen molar-refractivity contribution in [2.45, 2.75) is 5.60 Å². The van der Waals surface area contributed by atoms with Crippen LogP contribution in [0.2, 0.25) is 0 Å².